The average Bonchev–Trinajstić information content (AvgIpc) is 2.44. The molecule has 130 valence electrons. The topological polar surface area (TPSA) is 40.5 Å². The van der Waals surface area contributed by atoms with Gasteiger partial charge in [0, 0.05) is 18.1 Å². The molecule has 0 aliphatic heterocycles. The fraction of sp³-hybridized carbons (Fsp3) is 0.611. The van der Waals surface area contributed by atoms with Crippen LogP contribution in [0, 0.1) is 5.92 Å². The number of hydrogen-bond donors (Lipinski definition) is 1. The van der Waals surface area contributed by atoms with Gasteiger partial charge in [-0.25, -0.2) is 0 Å². The molecule has 0 amide bonds. The van der Waals surface area contributed by atoms with E-state index < -0.39 is 14.2 Å². The summed E-state index contributed by atoms with van der Waals surface area (Å²) in [6.45, 7) is 11.8. The van der Waals surface area contributed by atoms with E-state index in [-0.39, 0.29) is 6.04 Å². The predicted molar refractivity (Wildman–Crippen MR) is 104 cm³/mol. The Morgan fingerprint density at radius 2 is 1.83 bits per heavy atom. The molecular weight excluding hydrogens is 322 g/mol. The molecule has 3 nitrogen and oxygen atoms in total. The zero-order chi connectivity index (χ0) is 17.5. The summed E-state index contributed by atoms with van der Waals surface area (Å²) in [6, 6.07) is 10.1. The quantitative estimate of drug-likeness (QED) is 0.494. The van der Waals surface area contributed by atoms with E-state index in [0.717, 1.165) is 24.5 Å². The summed E-state index contributed by atoms with van der Waals surface area (Å²) in [4.78, 5) is 11.8. The molecule has 23 heavy (non-hydrogen) atoms. The van der Waals surface area contributed by atoms with Crippen molar-refractivity contribution in [2.45, 2.75) is 51.7 Å². The zero-order valence-corrected chi connectivity index (χ0v) is 16.9. The number of carboxylic acids is 1. The number of carboxylic acid groups (broad SMARTS) is 1. The zero-order valence-electron chi connectivity index (χ0n) is 15.1. The SMILES string of the molecule is CC(C)C[C@@H](C(=O)O)N(CCSCc1ccccc1)[Si](C)(C)C. The first kappa shape index (κ1) is 20.3. The fourth-order valence-electron chi connectivity index (χ4n) is 2.69. The van der Waals surface area contributed by atoms with Gasteiger partial charge in [0.1, 0.15) is 14.3 Å². The molecule has 1 aromatic carbocycles. The Morgan fingerprint density at radius 1 is 1.22 bits per heavy atom. The highest BCUT2D eigenvalue weighted by molar-refractivity contribution is 7.98. The molecule has 0 spiro atoms. The highest BCUT2D eigenvalue weighted by Gasteiger charge is 2.34. The van der Waals surface area contributed by atoms with Gasteiger partial charge in [-0.15, -0.1) is 0 Å². The van der Waals surface area contributed by atoms with Crippen molar-refractivity contribution >= 4 is 26.0 Å². The normalized spacial score (nSPS) is 13.5. The minimum atomic E-state index is -1.67. The Hall–Kier alpha value is -0.783. The number of nitrogens with zero attached hydrogens (tertiary/aromatic N) is 1. The van der Waals surface area contributed by atoms with Gasteiger partial charge in [-0.3, -0.25) is 4.79 Å². The minimum Gasteiger partial charge on any atom is -0.480 e. The van der Waals surface area contributed by atoms with Crippen LogP contribution in [0.5, 0.6) is 0 Å². The Balaban J connectivity index is 2.62. The molecule has 0 aliphatic carbocycles. The van der Waals surface area contributed by atoms with Crippen molar-refractivity contribution in [3.63, 3.8) is 0 Å². The maximum absolute atomic E-state index is 11.8. The summed E-state index contributed by atoms with van der Waals surface area (Å²) in [5.41, 5.74) is 1.33. The third kappa shape index (κ3) is 7.55. The number of benzene rings is 1. The van der Waals surface area contributed by atoms with Crippen molar-refractivity contribution < 1.29 is 9.90 Å². The maximum atomic E-state index is 11.8. The summed E-state index contributed by atoms with van der Waals surface area (Å²) < 4.78 is 2.29. The monoisotopic (exact) mass is 353 g/mol. The summed E-state index contributed by atoms with van der Waals surface area (Å²) in [6.07, 6.45) is 0.725. The van der Waals surface area contributed by atoms with E-state index >= 15 is 0 Å². The number of hydrogen-bond acceptors (Lipinski definition) is 3. The molecule has 0 bridgehead atoms. The van der Waals surface area contributed by atoms with Crippen molar-refractivity contribution in [1.29, 1.82) is 0 Å². The number of thioether (sulfide) groups is 1. The average molecular weight is 354 g/mol. The lowest BCUT2D eigenvalue weighted by molar-refractivity contribution is -0.142. The largest absolute Gasteiger partial charge is 0.480 e. The Morgan fingerprint density at radius 3 is 2.30 bits per heavy atom. The van der Waals surface area contributed by atoms with Crippen molar-refractivity contribution in [3.05, 3.63) is 35.9 Å². The van der Waals surface area contributed by atoms with Crippen molar-refractivity contribution in [1.82, 2.24) is 4.57 Å². The minimum absolute atomic E-state index is 0.348. The van der Waals surface area contributed by atoms with Gasteiger partial charge in [0.2, 0.25) is 0 Å². The van der Waals surface area contributed by atoms with Crippen LogP contribution < -0.4 is 0 Å². The first-order valence-corrected chi connectivity index (χ1v) is 12.9. The van der Waals surface area contributed by atoms with Crippen LogP contribution in [-0.4, -0.2) is 42.2 Å². The Labute approximate surface area is 146 Å². The third-order valence-corrected chi connectivity index (χ3v) is 7.07. The van der Waals surface area contributed by atoms with E-state index in [1.807, 2.05) is 17.8 Å². The molecule has 0 radical (unpaired) electrons. The van der Waals surface area contributed by atoms with Crippen LogP contribution in [0.2, 0.25) is 19.6 Å². The van der Waals surface area contributed by atoms with Crippen LogP contribution in [0.15, 0.2) is 30.3 Å². The second-order valence-corrected chi connectivity index (χ2v) is 13.4. The molecule has 0 saturated carbocycles. The Kier molecular flexibility index (Phi) is 8.37. The molecule has 1 aromatic rings. The standard InChI is InChI=1S/C18H31NO2SSi/c1-15(2)13-17(18(20)21)19(23(3,4)5)11-12-22-14-16-9-7-6-8-10-16/h6-10,15,17H,11-14H2,1-5H3,(H,20,21)/t17-/m0/s1. The van der Waals surface area contributed by atoms with Crippen molar-refractivity contribution in [3.8, 4) is 0 Å². The highest BCUT2D eigenvalue weighted by atomic mass is 32.2. The molecule has 0 unspecified atom stereocenters. The van der Waals surface area contributed by atoms with Gasteiger partial charge in [0.05, 0.1) is 0 Å². The van der Waals surface area contributed by atoms with Gasteiger partial charge in [0.15, 0.2) is 0 Å². The van der Waals surface area contributed by atoms with E-state index in [9.17, 15) is 9.90 Å². The van der Waals surface area contributed by atoms with Crippen LogP contribution in [-0.2, 0) is 10.5 Å². The summed E-state index contributed by atoms with van der Waals surface area (Å²) in [5, 5.41) is 9.66. The number of rotatable bonds is 10. The van der Waals surface area contributed by atoms with Crippen LogP contribution in [0.25, 0.3) is 0 Å². The van der Waals surface area contributed by atoms with E-state index in [1.165, 1.54) is 5.56 Å². The molecule has 0 aliphatic rings. The second-order valence-electron chi connectivity index (χ2n) is 7.39. The fourth-order valence-corrected chi connectivity index (χ4v) is 5.69. The van der Waals surface area contributed by atoms with E-state index in [1.54, 1.807) is 0 Å². The third-order valence-electron chi connectivity index (χ3n) is 3.81. The summed E-state index contributed by atoms with van der Waals surface area (Å²) in [7, 11) is -1.67. The molecule has 1 rings (SSSR count). The molecule has 0 aromatic heterocycles. The van der Waals surface area contributed by atoms with Crippen LogP contribution in [0.1, 0.15) is 25.8 Å². The highest BCUT2D eigenvalue weighted by Crippen LogP contribution is 2.21. The lowest BCUT2D eigenvalue weighted by atomic mass is 10.0. The lowest BCUT2D eigenvalue weighted by Gasteiger charge is -2.39. The molecule has 1 N–H and O–H groups in total. The summed E-state index contributed by atoms with van der Waals surface area (Å²) >= 11 is 1.89. The first-order chi connectivity index (χ1) is 10.7. The molecular formula is C18H31NO2SSi. The van der Waals surface area contributed by atoms with Crippen molar-refractivity contribution in [2.75, 3.05) is 12.3 Å². The summed E-state index contributed by atoms with van der Waals surface area (Å²) in [5.74, 6) is 1.68. The van der Waals surface area contributed by atoms with Gasteiger partial charge in [0.25, 0.3) is 0 Å². The van der Waals surface area contributed by atoms with Gasteiger partial charge in [-0.05, 0) is 17.9 Å². The van der Waals surface area contributed by atoms with E-state index in [0.29, 0.717) is 5.92 Å². The van der Waals surface area contributed by atoms with Gasteiger partial charge >= 0.3 is 5.97 Å². The van der Waals surface area contributed by atoms with Gasteiger partial charge < -0.3 is 9.67 Å². The van der Waals surface area contributed by atoms with E-state index in [2.05, 4.69) is 62.3 Å². The smallest absolute Gasteiger partial charge is 0.320 e. The lowest BCUT2D eigenvalue weighted by Crippen LogP contribution is -2.56. The van der Waals surface area contributed by atoms with Gasteiger partial charge in [-0.2, -0.15) is 11.8 Å². The van der Waals surface area contributed by atoms with Crippen LogP contribution in [0.4, 0.5) is 0 Å². The second kappa shape index (κ2) is 9.50. The van der Waals surface area contributed by atoms with Gasteiger partial charge in [-0.1, -0.05) is 63.8 Å². The van der Waals surface area contributed by atoms with Crippen molar-refractivity contribution in [2.24, 2.45) is 5.92 Å². The predicted octanol–water partition coefficient (Wildman–Crippen LogP) is 4.56. The number of aliphatic carboxylic acids is 1. The maximum Gasteiger partial charge on any atom is 0.320 e. The van der Waals surface area contributed by atoms with Crippen LogP contribution in [0.3, 0.4) is 0 Å². The van der Waals surface area contributed by atoms with E-state index in [4.69, 9.17) is 0 Å². The first-order valence-electron chi connectivity index (χ1n) is 8.33. The number of carbonyl (C=O) groups is 1. The molecule has 5 heteroatoms. The molecule has 0 heterocycles. The molecule has 1 atom stereocenters. The Bertz CT molecular complexity index is 474. The van der Waals surface area contributed by atoms with Crippen LogP contribution >= 0.6 is 11.8 Å². The molecule has 0 fully saturated rings. The molecule has 0 saturated heterocycles.